The molecule has 0 unspecified atom stereocenters. The maximum atomic E-state index is 15.0. The average Bonchev–Trinajstić information content (AvgIpc) is 3.52. The van der Waals surface area contributed by atoms with Gasteiger partial charge in [-0.3, -0.25) is 19.4 Å². The van der Waals surface area contributed by atoms with E-state index in [0.717, 1.165) is 11.1 Å². The Bertz CT molecular complexity index is 1790. The van der Waals surface area contributed by atoms with Crippen LogP contribution in [0.2, 0.25) is 0 Å². The van der Waals surface area contributed by atoms with E-state index in [2.05, 4.69) is 10.3 Å². The number of anilines is 1. The third kappa shape index (κ3) is 3.48. The first-order chi connectivity index (χ1) is 20.5. The highest BCUT2D eigenvalue weighted by Gasteiger charge is 2.71. The Morgan fingerprint density at radius 3 is 2.48 bits per heavy atom. The van der Waals surface area contributed by atoms with Gasteiger partial charge in [0.1, 0.15) is 28.6 Å². The smallest absolute Gasteiger partial charge is 0.238 e. The number of aromatic nitrogens is 1. The van der Waals surface area contributed by atoms with Crippen LogP contribution in [-0.2, 0) is 10.2 Å². The van der Waals surface area contributed by atoms with Crippen LogP contribution in [0.4, 0.5) is 5.69 Å². The molecule has 3 aromatic carbocycles. The van der Waals surface area contributed by atoms with Gasteiger partial charge in [-0.25, -0.2) is 0 Å². The number of nitrogens with zero attached hydrogens (tertiary/aromatic N) is 2. The Labute approximate surface area is 242 Å². The van der Waals surface area contributed by atoms with Crippen molar-refractivity contribution in [3.05, 3.63) is 125 Å². The van der Waals surface area contributed by atoms with Crippen LogP contribution in [0.3, 0.4) is 0 Å². The summed E-state index contributed by atoms with van der Waals surface area (Å²) in [5.74, 6) is -1.36. The van der Waals surface area contributed by atoms with Crippen molar-refractivity contribution in [1.82, 2.24) is 9.88 Å². The van der Waals surface area contributed by atoms with E-state index in [1.807, 2.05) is 65.7 Å². The summed E-state index contributed by atoms with van der Waals surface area (Å²) in [7, 11) is 3.01. The number of para-hydroxylation sites is 1. The molecule has 1 amide bonds. The number of rotatable bonds is 6. The molecule has 4 atom stereocenters. The van der Waals surface area contributed by atoms with Gasteiger partial charge >= 0.3 is 0 Å². The predicted octanol–water partition coefficient (Wildman–Crippen LogP) is 5.08. The molecule has 0 bridgehead atoms. The van der Waals surface area contributed by atoms with Crippen LogP contribution >= 0.6 is 0 Å². The third-order valence-electron chi connectivity index (χ3n) is 8.71. The number of ketones is 2. The van der Waals surface area contributed by atoms with Gasteiger partial charge in [-0.05, 0) is 53.1 Å². The summed E-state index contributed by atoms with van der Waals surface area (Å²) in [4.78, 5) is 50.3. The summed E-state index contributed by atoms with van der Waals surface area (Å²) in [5, 5.41) is 3.06. The molecule has 1 spiro atoms. The van der Waals surface area contributed by atoms with Crippen LogP contribution in [0.1, 0.15) is 43.6 Å². The van der Waals surface area contributed by atoms with Gasteiger partial charge in [0.2, 0.25) is 11.7 Å². The molecule has 8 nitrogen and oxygen atoms in total. The van der Waals surface area contributed by atoms with Crippen molar-refractivity contribution in [1.29, 1.82) is 0 Å². The summed E-state index contributed by atoms with van der Waals surface area (Å²) in [6.07, 6.45) is 5.32. The van der Waals surface area contributed by atoms with Crippen LogP contribution in [-0.4, -0.2) is 47.6 Å². The van der Waals surface area contributed by atoms with Crippen LogP contribution in [0.5, 0.6) is 11.5 Å². The van der Waals surface area contributed by atoms with Gasteiger partial charge in [-0.15, -0.1) is 0 Å². The van der Waals surface area contributed by atoms with Gasteiger partial charge < -0.3 is 19.7 Å². The normalized spacial score (nSPS) is 23.1. The zero-order chi connectivity index (χ0) is 29.0. The van der Waals surface area contributed by atoms with Crippen molar-refractivity contribution in [2.75, 3.05) is 19.5 Å². The Morgan fingerprint density at radius 1 is 0.905 bits per heavy atom. The molecule has 1 N–H and O–H groups in total. The molecular weight excluding hydrogens is 530 g/mol. The quantitative estimate of drug-likeness (QED) is 0.330. The molecule has 0 saturated carbocycles. The molecule has 0 aliphatic carbocycles. The standard InChI is InChI=1S/C34H27N3O5/c1-41-21-14-15-23(27(19-21)42-2)30(38)28-29(31(39)26-13-7-8-17-35-26)37-18-16-20-9-3-4-10-22(20)32(37)34(28)24-11-5-6-12-25(24)36-33(34)40/h3-19,28-29,32H,1-2H3,(H,36,40)/t28-,29+,32-,34-/m1/s1. The highest BCUT2D eigenvalue weighted by molar-refractivity contribution is 6.17. The molecule has 4 heterocycles. The van der Waals surface area contributed by atoms with Gasteiger partial charge in [0.05, 0.1) is 31.7 Å². The highest BCUT2D eigenvalue weighted by Crippen LogP contribution is 2.62. The fourth-order valence-electron chi connectivity index (χ4n) is 7.00. The number of carbonyl (C=O) groups is 3. The fourth-order valence-corrected chi connectivity index (χ4v) is 7.00. The molecule has 8 heteroatoms. The molecule has 1 aromatic heterocycles. The SMILES string of the molecule is COc1ccc(C(=O)[C@H]2[C@@H](C(=O)c3ccccn3)N3C=Cc4ccccc4[C@@H]3[C@]23C(=O)Nc2ccccc23)c(OC)c1. The van der Waals surface area contributed by atoms with E-state index in [1.54, 1.807) is 42.6 Å². The maximum Gasteiger partial charge on any atom is 0.238 e. The summed E-state index contributed by atoms with van der Waals surface area (Å²) >= 11 is 0. The lowest BCUT2D eigenvalue weighted by molar-refractivity contribution is -0.122. The molecule has 42 heavy (non-hydrogen) atoms. The van der Waals surface area contributed by atoms with Crippen molar-refractivity contribution >= 4 is 29.2 Å². The van der Waals surface area contributed by atoms with Crippen LogP contribution in [0, 0.1) is 5.92 Å². The Balaban J connectivity index is 1.54. The number of methoxy groups -OCH3 is 2. The second-order valence-corrected chi connectivity index (χ2v) is 10.6. The molecule has 1 fully saturated rings. The number of hydrogen-bond donors (Lipinski definition) is 1. The number of benzene rings is 3. The zero-order valence-corrected chi connectivity index (χ0v) is 23.0. The van der Waals surface area contributed by atoms with E-state index < -0.39 is 23.4 Å². The van der Waals surface area contributed by atoms with Crippen molar-refractivity contribution < 1.29 is 23.9 Å². The number of pyridine rings is 1. The summed E-state index contributed by atoms with van der Waals surface area (Å²) < 4.78 is 11.0. The minimum atomic E-state index is -1.44. The monoisotopic (exact) mass is 557 g/mol. The first-order valence-corrected chi connectivity index (χ1v) is 13.7. The number of hydrogen-bond acceptors (Lipinski definition) is 7. The zero-order valence-electron chi connectivity index (χ0n) is 23.0. The first kappa shape index (κ1) is 25.7. The predicted molar refractivity (Wildman–Crippen MR) is 157 cm³/mol. The lowest BCUT2D eigenvalue weighted by Crippen LogP contribution is -2.49. The van der Waals surface area contributed by atoms with E-state index in [4.69, 9.17) is 9.47 Å². The average molecular weight is 558 g/mol. The van der Waals surface area contributed by atoms with Crippen molar-refractivity contribution in [2.24, 2.45) is 5.92 Å². The summed E-state index contributed by atoms with van der Waals surface area (Å²) in [5.41, 5.74) is 2.14. The van der Waals surface area contributed by atoms with Gasteiger partial charge in [-0.2, -0.15) is 0 Å². The lowest BCUT2D eigenvalue weighted by Gasteiger charge is -2.38. The van der Waals surface area contributed by atoms with E-state index in [1.165, 1.54) is 14.2 Å². The van der Waals surface area contributed by atoms with Gasteiger partial charge in [0, 0.05) is 24.2 Å². The fraction of sp³-hybridized carbons (Fsp3) is 0.176. The first-order valence-electron chi connectivity index (χ1n) is 13.7. The number of amides is 1. The van der Waals surface area contributed by atoms with E-state index >= 15 is 4.79 Å². The van der Waals surface area contributed by atoms with Crippen LogP contribution in [0.25, 0.3) is 6.08 Å². The second-order valence-electron chi connectivity index (χ2n) is 10.6. The van der Waals surface area contributed by atoms with Crippen molar-refractivity contribution in [3.8, 4) is 11.5 Å². The number of carbonyl (C=O) groups excluding carboxylic acids is 3. The molecule has 0 radical (unpaired) electrons. The van der Waals surface area contributed by atoms with Crippen molar-refractivity contribution in [2.45, 2.75) is 17.5 Å². The lowest BCUT2D eigenvalue weighted by atomic mass is 9.62. The largest absolute Gasteiger partial charge is 0.497 e. The maximum absolute atomic E-state index is 15.0. The molecule has 208 valence electrons. The molecule has 1 saturated heterocycles. The van der Waals surface area contributed by atoms with Crippen LogP contribution in [0.15, 0.2) is 97.3 Å². The summed E-state index contributed by atoms with van der Waals surface area (Å²) in [6.45, 7) is 0. The van der Waals surface area contributed by atoms with E-state index in [0.29, 0.717) is 22.7 Å². The van der Waals surface area contributed by atoms with Crippen LogP contribution < -0.4 is 14.8 Å². The molecular formula is C34H27N3O5. The third-order valence-corrected chi connectivity index (χ3v) is 8.71. The van der Waals surface area contributed by atoms with Gasteiger partial charge in [0.25, 0.3) is 0 Å². The molecule has 3 aliphatic heterocycles. The minimum Gasteiger partial charge on any atom is -0.497 e. The molecule has 3 aliphatic rings. The number of fused-ring (bicyclic) bond motifs is 6. The minimum absolute atomic E-state index is 0.219. The number of ether oxygens (including phenoxy) is 2. The highest BCUT2D eigenvalue weighted by atomic mass is 16.5. The number of nitrogens with one attached hydrogen (secondary N) is 1. The summed E-state index contributed by atoms with van der Waals surface area (Å²) in [6, 6.07) is 23.6. The Kier molecular flexibility index (Phi) is 5.93. The van der Waals surface area contributed by atoms with E-state index in [9.17, 15) is 9.59 Å². The Hall–Kier alpha value is -5.24. The topological polar surface area (TPSA) is 97.8 Å². The van der Waals surface area contributed by atoms with Crippen molar-refractivity contribution in [3.63, 3.8) is 0 Å². The van der Waals surface area contributed by atoms with Gasteiger partial charge in [-0.1, -0.05) is 48.5 Å². The van der Waals surface area contributed by atoms with Gasteiger partial charge in [0.15, 0.2) is 5.78 Å². The molecule has 4 aromatic rings. The number of Topliss-reactive ketones (excluding diaryl/α,β-unsaturated/α-hetero) is 2. The Morgan fingerprint density at radius 2 is 1.69 bits per heavy atom. The second kappa shape index (κ2) is 9.69. The van der Waals surface area contributed by atoms with E-state index in [-0.39, 0.29) is 28.7 Å². The molecule has 7 rings (SSSR count).